The molecule has 0 radical (unpaired) electrons. The molecule has 20 heavy (non-hydrogen) atoms. The second kappa shape index (κ2) is 7.23. The average molecular weight is 280 g/mol. The fourth-order valence-electron chi connectivity index (χ4n) is 2.28. The zero-order valence-corrected chi connectivity index (χ0v) is 12.6. The maximum absolute atomic E-state index is 5.40. The van der Waals surface area contributed by atoms with Gasteiger partial charge in [-0.15, -0.1) is 0 Å². The monoisotopic (exact) mass is 280 g/mol. The molecule has 0 saturated carbocycles. The highest BCUT2D eigenvalue weighted by Crippen LogP contribution is 2.16. The van der Waals surface area contributed by atoms with E-state index in [0.717, 1.165) is 32.7 Å². The molecule has 7 nitrogen and oxygen atoms in total. The molecule has 2 rings (SSSR count). The summed E-state index contributed by atoms with van der Waals surface area (Å²) in [6.45, 7) is 9.85. The number of piperazine rings is 1. The molecule has 0 bridgehead atoms. The third kappa shape index (κ3) is 3.69. The highest BCUT2D eigenvalue weighted by atomic mass is 16.5. The standard InChI is InChI=1S/C13H24N6O/c1-4-6-18-7-9-19(10-8-18)12-15-11(14-3)16-13(17-12)20-5-2/h4-10H2,1-3H3,(H,14,15,16,17). The van der Waals surface area contributed by atoms with Crippen LogP contribution in [0.2, 0.25) is 0 Å². The molecule has 112 valence electrons. The summed E-state index contributed by atoms with van der Waals surface area (Å²) >= 11 is 0. The van der Waals surface area contributed by atoms with Gasteiger partial charge in [0.1, 0.15) is 0 Å². The van der Waals surface area contributed by atoms with Crippen LogP contribution in [0.1, 0.15) is 20.3 Å². The molecule has 1 aliphatic rings. The fourth-order valence-corrected chi connectivity index (χ4v) is 2.28. The first-order chi connectivity index (χ1) is 9.76. The topological polar surface area (TPSA) is 66.4 Å². The minimum atomic E-state index is 0.387. The SMILES string of the molecule is CCCN1CCN(c2nc(NC)nc(OCC)n2)CC1. The molecule has 0 amide bonds. The number of anilines is 2. The smallest absolute Gasteiger partial charge is 0.323 e. The number of hydrogen-bond acceptors (Lipinski definition) is 7. The van der Waals surface area contributed by atoms with Gasteiger partial charge in [-0.05, 0) is 19.9 Å². The second-order valence-corrected chi connectivity index (χ2v) is 4.75. The number of rotatable bonds is 6. The van der Waals surface area contributed by atoms with E-state index in [1.54, 1.807) is 7.05 Å². The lowest BCUT2D eigenvalue weighted by atomic mass is 10.3. The van der Waals surface area contributed by atoms with E-state index in [4.69, 9.17) is 4.74 Å². The molecule has 1 fully saturated rings. The molecule has 1 aromatic heterocycles. The Morgan fingerprint density at radius 2 is 1.85 bits per heavy atom. The van der Waals surface area contributed by atoms with Crippen LogP contribution in [-0.4, -0.2) is 66.2 Å². The van der Waals surface area contributed by atoms with Gasteiger partial charge in [0.2, 0.25) is 11.9 Å². The van der Waals surface area contributed by atoms with E-state index in [0.29, 0.717) is 24.5 Å². The Hall–Kier alpha value is -1.63. The zero-order chi connectivity index (χ0) is 14.4. The summed E-state index contributed by atoms with van der Waals surface area (Å²) in [6.07, 6.45) is 1.20. The lowest BCUT2D eigenvalue weighted by Crippen LogP contribution is -2.47. The van der Waals surface area contributed by atoms with Crippen molar-refractivity contribution in [3.8, 4) is 6.01 Å². The van der Waals surface area contributed by atoms with Crippen LogP contribution in [0.15, 0.2) is 0 Å². The van der Waals surface area contributed by atoms with Crippen molar-refractivity contribution in [2.75, 3.05) is 56.6 Å². The van der Waals surface area contributed by atoms with E-state index in [-0.39, 0.29) is 0 Å². The largest absolute Gasteiger partial charge is 0.464 e. The lowest BCUT2D eigenvalue weighted by Gasteiger charge is -2.34. The van der Waals surface area contributed by atoms with Gasteiger partial charge in [-0.1, -0.05) is 6.92 Å². The summed E-state index contributed by atoms with van der Waals surface area (Å²) in [4.78, 5) is 17.7. The molecule has 1 aromatic rings. The van der Waals surface area contributed by atoms with Crippen molar-refractivity contribution in [3.05, 3.63) is 0 Å². The van der Waals surface area contributed by atoms with Crippen molar-refractivity contribution in [1.29, 1.82) is 0 Å². The Morgan fingerprint density at radius 1 is 1.10 bits per heavy atom. The van der Waals surface area contributed by atoms with Crippen LogP contribution >= 0.6 is 0 Å². The third-order valence-electron chi connectivity index (χ3n) is 3.30. The predicted octanol–water partition coefficient (Wildman–Crippen LogP) is 0.844. The second-order valence-electron chi connectivity index (χ2n) is 4.75. The van der Waals surface area contributed by atoms with Gasteiger partial charge in [0.15, 0.2) is 0 Å². The van der Waals surface area contributed by atoms with Crippen molar-refractivity contribution in [2.24, 2.45) is 0 Å². The summed E-state index contributed by atoms with van der Waals surface area (Å²) in [6, 6.07) is 0.387. The first kappa shape index (κ1) is 14.8. The summed E-state index contributed by atoms with van der Waals surface area (Å²) in [7, 11) is 1.80. The van der Waals surface area contributed by atoms with Crippen LogP contribution in [0, 0.1) is 0 Å². The molecule has 0 aromatic carbocycles. The number of ether oxygens (including phenoxy) is 1. The molecule has 0 aliphatic carbocycles. The quantitative estimate of drug-likeness (QED) is 0.828. The van der Waals surface area contributed by atoms with Crippen molar-refractivity contribution in [1.82, 2.24) is 19.9 Å². The molecular formula is C13H24N6O. The Morgan fingerprint density at radius 3 is 2.45 bits per heavy atom. The Labute approximate surface area is 120 Å². The van der Waals surface area contributed by atoms with Gasteiger partial charge in [-0.25, -0.2) is 0 Å². The fraction of sp³-hybridized carbons (Fsp3) is 0.769. The minimum Gasteiger partial charge on any atom is -0.464 e. The van der Waals surface area contributed by atoms with Crippen molar-refractivity contribution in [2.45, 2.75) is 20.3 Å². The van der Waals surface area contributed by atoms with E-state index < -0.39 is 0 Å². The number of hydrogen-bond donors (Lipinski definition) is 1. The van der Waals surface area contributed by atoms with Crippen molar-refractivity contribution < 1.29 is 4.74 Å². The number of nitrogens with one attached hydrogen (secondary N) is 1. The van der Waals surface area contributed by atoms with Gasteiger partial charge in [0.25, 0.3) is 0 Å². The molecule has 1 saturated heterocycles. The molecule has 0 atom stereocenters. The molecule has 1 N–H and O–H groups in total. The van der Waals surface area contributed by atoms with E-state index in [1.165, 1.54) is 6.42 Å². The number of aromatic nitrogens is 3. The third-order valence-corrected chi connectivity index (χ3v) is 3.30. The normalized spacial score (nSPS) is 16.2. The van der Waals surface area contributed by atoms with Gasteiger partial charge in [0, 0.05) is 33.2 Å². The summed E-state index contributed by atoms with van der Waals surface area (Å²) in [5, 5.41) is 2.96. The van der Waals surface area contributed by atoms with E-state index >= 15 is 0 Å². The predicted molar refractivity (Wildman–Crippen MR) is 79.5 cm³/mol. The van der Waals surface area contributed by atoms with E-state index in [2.05, 4.69) is 37.0 Å². The molecule has 0 spiro atoms. The number of nitrogens with zero attached hydrogens (tertiary/aromatic N) is 5. The Bertz CT molecular complexity index is 419. The van der Waals surface area contributed by atoms with Crippen LogP contribution in [-0.2, 0) is 0 Å². The first-order valence-electron chi connectivity index (χ1n) is 7.30. The van der Waals surface area contributed by atoms with Crippen LogP contribution < -0.4 is 15.0 Å². The Kier molecular flexibility index (Phi) is 5.34. The molecule has 0 unspecified atom stereocenters. The maximum Gasteiger partial charge on any atom is 0.323 e. The lowest BCUT2D eigenvalue weighted by molar-refractivity contribution is 0.256. The van der Waals surface area contributed by atoms with Crippen LogP contribution in [0.25, 0.3) is 0 Å². The van der Waals surface area contributed by atoms with Crippen LogP contribution in [0.4, 0.5) is 11.9 Å². The summed E-state index contributed by atoms with van der Waals surface area (Å²) in [5.74, 6) is 1.25. The summed E-state index contributed by atoms with van der Waals surface area (Å²) in [5.41, 5.74) is 0. The Balaban J connectivity index is 2.06. The average Bonchev–Trinajstić information content (AvgIpc) is 2.48. The van der Waals surface area contributed by atoms with Gasteiger partial charge < -0.3 is 15.0 Å². The molecule has 7 heteroatoms. The van der Waals surface area contributed by atoms with Crippen molar-refractivity contribution >= 4 is 11.9 Å². The molecular weight excluding hydrogens is 256 g/mol. The highest BCUT2D eigenvalue weighted by molar-refractivity contribution is 5.38. The first-order valence-corrected chi connectivity index (χ1v) is 7.30. The summed E-state index contributed by atoms with van der Waals surface area (Å²) < 4.78 is 5.40. The van der Waals surface area contributed by atoms with Gasteiger partial charge in [0.05, 0.1) is 6.61 Å². The van der Waals surface area contributed by atoms with Crippen LogP contribution in [0.5, 0.6) is 6.01 Å². The van der Waals surface area contributed by atoms with Crippen molar-refractivity contribution in [3.63, 3.8) is 0 Å². The van der Waals surface area contributed by atoms with Gasteiger partial charge >= 0.3 is 6.01 Å². The molecule has 1 aliphatic heterocycles. The molecule has 2 heterocycles. The highest BCUT2D eigenvalue weighted by Gasteiger charge is 2.20. The van der Waals surface area contributed by atoms with E-state index in [1.807, 2.05) is 6.92 Å². The van der Waals surface area contributed by atoms with Gasteiger partial charge in [-0.3, -0.25) is 4.90 Å². The van der Waals surface area contributed by atoms with E-state index in [9.17, 15) is 0 Å². The van der Waals surface area contributed by atoms with Crippen LogP contribution in [0.3, 0.4) is 0 Å². The minimum absolute atomic E-state index is 0.387. The maximum atomic E-state index is 5.40. The van der Waals surface area contributed by atoms with Gasteiger partial charge in [-0.2, -0.15) is 15.0 Å². The zero-order valence-electron chi connectivity index (χ0n) is 12.6.